The number of carbonyl (C=O) groups excluding carboxylic acids is 1. The molecule has 3 nitrogen and oxygen atoms in total. The molecule has 21 heavy (non-hydrogen) atoms. The monoisotopic (exact) mass is 320 g/mol. The van der Waals surface area contributed by atoms with Crippen LogP contribution in [0.1, 0.15) is 26.2 Å². The maximum Gasteiger partial charge on any atom is 0.232 e. The Labute approximate surface area is 133 Å². The molecular formula is C16H17ClN2OS. The zero-order valence-corrected chi connectivity index (χ0v) is 13.5. The van der Waals surface area contributed by atoms with Crippen molar-refractivity contribution in [1.29, 1.82) is 0 Å². The first-order valence-electron chi connectivity index (χ1n) is 7.21. The van der Waals surface area contributed by atoms with Gasteiger partial charge in [0, 0.05) is 17.5 Å². The van der Waals surface area contributed by atoms with Crippen LogP contribution in [0, 0.1) is 5.92 Å². The average Bonchev–Trinajstić information content (AvgIpc) is 2.91. The van der Waals surface area contributed by atoms with Gasteiger partial charge in [-0.3, -0.25) is 9.69 Å². The second kappa shape index (κ2) is 6.16. The highest BCUT2D eigenvalue weighted by Gasteiger charge is 2.26. The van der Waals surface area contributed by atoms with Crippen LogP contribution in [0.5, 0.6) is 0 Å². The van der Waals surface area contributed by atoms with E-state index in [1.54, 1.807) is 11.3 Å². The van der Waals surface area contributed by atoms with Crippen molar-refractivity contribution in [2.24, 2.45) is 5.92 Å². The molecule has 3 rings (SSSR count). The summed E-state index contributed by atoms with van der Waals surface area (Å²) in [6.07, 6.45) is 7.02. The zero-order chi connectivity index (χ0) is 14.8. The Morgan fingerprint density at radius 2 is 2.33 bits per heavy atom. The summed E-state index contributed by atoms with van der Waals surface area (Å²) < 4.78 is 1.06. The first-order valence-corrected chi connectivity index (χ1v) is 8.41. The predicted octanol–water partition coefficient (Wildman–Crippen LogP) is 4.66. The summed E-state index contributed by atoms with van der Waals surface area (Å²) in [5.74, 6) is 0.276. The molecule has 0 fully saturated rings. The smallest absolute Gasteiger partial charge is 0.232 e. The molecule has 0 aliphatic heterocycles. The number of thiazole rings is 1. The highest BCUT2D eigenvalue weighted by Crippen LogP contribution is 2.32. The lowest BCUT2D eigenvalue weighted by Gasteiger charge is -2.24. The number of anilines is 1. The van der Waals surface area contributed by atoms with E-state index in [1.165, 1.54) is 0 Å². The van der Waals surface area contributed by atoms with Crippen LogP contribution in [0.2, 0.25) is 5.02 Å². The van der Waals surface area contributed by atoms with E-state index in [9.17, 15) is 4.79 Å². The molecule has 1 amide bonds. The minimum Gasteiger partial charge on any atom is -0.288 e. The fourth-order valence-electron chi connectivity index (χ4n) is 2.63. The summed E-state index contributed by atoms with van der Waals surface area (Å²) in [6.45, 7) is 2.64. The van der Waals surface area contributed by atoms with E-state index in [1.807, 2.05) is 30.0 Å². The van der Waals surface area contributed by atoms with Crippen LogP contribution in [0.15, 0.2) is 30.4 Å². The number of benzene rings is 1. The molecular weight excluding hydrogens is 304 g/mol. The number of carbonyl (C=O) groups is 1. The summed E-state index contributed by atoms with van der Waals surface area (Å²) >= 11 is 7.55. The van der Waals surface area contributed by atoms with Crippen molar-refractivity contribution >= 4 is 44.2 Å². The molecule has 0 saturated heterocycles. The van der Waals surface area contributed by atoms with Gasteiger partial charge in [-0.2, -0.15) is 0 Å². The minimum absolute atomic E-state index is 0.0885. The van der Waals surface area contributed by atoms with Gasteiger partial charge in [-0.1, -0.05) is 35.1 Å². The molecule has 110 valence electrons. The maximum atomic E-state index is 12.7. The number of amides is 1. The highest BCUT2D eigenvalue weighted by molar-refractivity contribution is 7.22. The second-order valence-electron chi connectivity index (χ2n) is 5.17. The molecule has 0 bridgehead atoms. The van der Waals surface area contributed by atoms with Crippen LogP contribution < -0.4 is 4.90 Å². The molecule has 1 heterocycles. The van der Waals surface area contributed by atoms with Crippen LogP contribution in [0.3, 0.4) is 0 Å². The topological polar surface area (TPSA) is 33.2 Å². The zero-order valence-electron chi connectivity index (χ0n) is 11.9. The van der Waals surface area contributed by atoms with E-state index in [2.05, 4.69) is 17.1 Å². The molecule has 5 heteroatoms. The Bertz CT molecular complexity index is 695. The number of fused-ring (bicyclic) bond motifs is 1. The van der Waals surface area contributed by atoms with Gasteiger partial charge in [-0.25, -0.2) is 4.98 Å². The Balaban J connectivity index is 1.90. The Hall–Kier alpha value is -1.39. The first kappa shape index (κ1) is 14.5. The molecule has 1 unspecified atom stereocenters. The molecule has 1 aliphatic rings. The average molecular weight is 321 g/mol. The Kier molecular flexibility index (Phi) is 4.27. The largest absolute Gasteiger partial charge is 0.288 e. The molecule has 0 N–H and O–H groups in total. The van der Waals surface area contributed by atoms with E-state index in [0.717, 1.165) is 34.6 Å². The molecule has 1 aromatic carbocycles. The summed E-state index contributed by atoms with van der Waals surface area (Å²) in [4.78, 5) is 19.1. The number of hydrogen-bond donors (Lipinski definition) is 0. The normalized spacial score (nSPS) is 18.1. The Morgan fingerprint density at radius 1 is 1.48 bits per heavy atom. The first-order chi connectivity index (χ1) is 10.2. The standard InChI is InChI=1S/C16H17ClN2OS/c1-2-19(15(20)11-6-4-3-5-7-11)16-18-13-10-12(17)8-9-14(13)21-16/h3-4,8-11H,2,5-7H2,1H3. The van der Waals surface area contributed by atoms with Gasteiger partial charge in [-0.15, -0.1) is 0 Å². The van der Waals surface area contributed by atoms with Gasteiger partial charge in [0.15, 0.2) is 5.13 Å². The van der Waals surface area contributed by atoms with Gasteiger partial charge in [-0.05, 0) is 44.4 Å². The lowest BCUT2D eigenvalue weighted by atomic mass is 9.93. The van der Waals surface area contributed by atoms with Gasteiger partial charge in [0.1, 0.15) is 0 Å². The van der Waals surface area contributed by atoms with Gasteiger partial charge < -0.3 is 0 Å². The second-order valence-corrected chi connectivity index (χ2v) is 6.62. The maximum absolute atomic E-state index is 12.7. The van der Waals surface area contributed by atoms with Gasteiger partial charge in [0.2, 0.25) is 5.91 Å². The third-order valence-electron chi connectivity index (χ3n) is 3.77. The Morgan fingerprint density at radius 3 is 3.05 bits per heavy atom. The van der Waals surface area contributed by atoms with Crippen LogP contribution in [0.25, 0.3) is 10.2 Å². The quantitative estimate of drug-likeness (QED) is 0.771. The molecule has 1 atom stereocenters. The van der Waals surface area contributed by atoms with Gasteiger partial charge >= 0.3 is 0 Å². The van der Waals surface area contributed by atoms with Crippen LogP contribution in [-0.2, 0) is 4.79 Å². The van der Waals surface area contributed by atoms with Crippen molar-refractivity contribution in [2.45, 2.75) is 26.2 Å². The third-order valence-corrected chi connectivity index (χ3v) is 5.06. The summed E-state index contributed by atoms with van der Waals surface area (Å²) in [6, 6.07) is 5.66. The van der Waals surface area contributed by atoms with Crippen molar-refractivity contribution in [3.8, 4) is 0 Å². The van der Waals surface area contributed by atoms with Crippen LogP contribution in [0.4, 0.5) is 5.13 Å². The van der Waals surface area contributed by atoms with Crippen molar-refractivity contribution in [1.82, 2.24) is 4.98 Å². The number of halogens is 1. The number of hydrogen-bond acceptors (Lipinski definition) is 3. The fraction of sp³-hybridized carbons (Fsp3) is 0.375. The summed E-state index contributed by atoms with van der Waals surface area (Å²) in [7, 11) is 0. The van der Waals surface area contributed by atoms with Crippen molar-refractivity contribution in [2.75, 3.05) is 11.4 Å². The lowest BCUT2D eigenvalue weighted by molar-refractivity contribution is -0.122. The van der Waals surface area contributed by atoms with Crippen LogP contribution in [-0.4, -0.2) is 17.4 Å². The van der Waals surface area contributed by atoms with E-state index < -0.39 is 0 Å². The SMILES string of the molecule is CCN(C(=O)C1CC=CCC1)c1nc2cc(Cl)ccc2s1. The number of nitrogens with zero attached hydrogens (tertiary/aromatic N) is 2. The number of allylic oxidation sites excluding steroid dienone is 2. The van der Waals surface area contributed by atoms with E-state index in [4.69, 9.17) is 11.6 Å². The highest BCUT2D eigenvalue weighted by atomic mass is 35.5. The number of aromatic nitrogens is 1. The molecule has 0 saturated carbocycles. The lowest BCUT2D eigenvalue weighted by Crippen LogP contribution is -2.36. The fourth-order valence-corrected chi connectivity index (χ4v) is 3.81. The molecule has 1 aliphatic carbocycles. The van der Waals surface area contributed by atoms with Gasteiger partial charge in [0.05, 0.1) is 10.2 Å². The number of rotatable bonds is 3. The molecule has 2 aromatic rings. The van der Waals surface area contributed by atoms with E-state index >= 15 is 0 Å². The van der Waals surface area contributed by atoms with Gasteiger partial charge in [0.25, 0.3) is 0 Å². The van der Waals surface area contributed by atoms with Crippen molar-refractivity contribution in [3.05, 3.63) is 35.4 Å². The van der Waals surface area contributed by atoms with E-state index in [0.29, 0.717) is 11.6 Å². The molecule has 0 radical (unpaired) electrons. The minimum atomic E-state index is 0.0885. The summed E-state index contributed by atoms with van der Waals surface area (Å²) in [5, 5.41) is 1.44. The predicted molar refractivity (Wildman–Crippen MR) is 89.1 cm³/mol. The van der Waals surface area contributed by atoms with Crippen LogP contribution >= 0.6 is 22.9 Å². The molecule has 0 spiro atoms. The summed E-state index contributed by atoms with van der Waals surface area (Å²) in [5.41, 5.74) is 0.859. The molecule has 1 aromatic heterocycles. The van der Waals surface area contributed by atoms with Crippen molar-refractivity contribution < 1.29 is 4.79 Å². The van der Waals surface area contributed by atoms with Crippen molar-refractivity contribution in [3.63, 3.8) is 0 Å². The van der Waals surface area contributed by atoms with E-state index in [-0.39, 0.29) is 11.8 Å². The third kappa shape index (κ3) is 2.97.